The van der Waals surface area contributed by atoms with Crippen LogP contribution in [0.1, 0.15) is 0 Å². The van der Waals surface area contributed by atoms with Gasteiger partial charge in [0, 0.05) is 31.5 Å². The molecule has 0 saturated heterocycles. The molecule has 2 N–H and O–H groups in total. The van der Waals surface area contributed by atoms with E-state index in [1.54, 1.807) is 62.6 Å². The number of amides is 2. The van der Waals surface area contributed by atoms with Crippen LogP contribution in [-0.2, 0) is 23.7 Å². The molecule has 35 heavy (non-hydrogen) atoms. The number of rotatable bonds is 10. The van der Waals surface area contributed by atoms with Crippen LogP contribution in [0.5, 0.6) is 11.5 Å². The Morgan fingerprint density at radius 1 is 0.800 bits per heavy atom. The lowest BCUT2D eigenvalue weighted by Gasteiger charge is -2.10. The molecule has 0 aliphatic heterocycles. The lowest BCUT2D eigenvalue weighted by molar-refractivity contribution is -0.114. The molecule has 0 radical (unpaired) electrons. The zero-order chi connectivity index (χ0) is 24.6. The van der Waals surface area contributed by atoms with Gasteiger partial charge in [-0.1, -0.05) is 29.6 Å². The zero-order valence-electron chi connectivity index (χ0n) is 18.7. The first kappa shape index (κ1) is 24.2. The highest BCUT2D eigenvalue weighted by atomic mass is 32.2. The van der Waals surface area contributed by atoms with E-state index < -0.39 is 0 Å². The van der Waals surface area contributed by atoms with Crippen molar-refractivity contribution in [2.45, 2.75) is 10.3 Å². The van der Waals surface area contributed by atoms with Crippen LogP contribution >= 0.6 is 23.5 Å². The van der Waals surface area contributed by atoms with Gasteiger partial charge in [0.25, 0.3) is 0 Å². The minimum Gasteiger partial charge on any atom is -0.457 e. The van der Waals surface area contributed by atoms with Gasteiger partial charge in [-0.2, -0.15) is 0 Å². The SMILES string of the molecule is Cn1nnnc1SCC(=O)Nc1ccc(Oc2cccc(NC(=O)CSc3nnnn3C)c2)cc1. The Kier molecular flexibility index (Phi) is 7.89. The van der Waals surface area contributed by atoms with E-state index in [1.807, 2.05) is 0 Å². The average molecular weight is 513 g/mol. The third-order valence-electron chi connectivity index (χ3n) is 4.32. The number of carbonyl (C=O) groups excluding carboxylic acids is 2. The molecule has 2 amide bonds. The Hall–Kier alpha value is -3.98. The minimum absolute atomic E-state index is 0.167. The largest absolute Gasteiger partial charge is 0.457 e. The Morgan fingerprint density at radius 2 is 1.37 bits per heavy atom. The summed E-state index contributed by atoms with van der Waals surface area (Å²) in [6.07, 6.45) is 0. The van der Waals surface area contributed by atoms with Crippen LogP contribution in [0, 0.1) is 0 Å². The molecule has 13 nitrogen and oxygen atoms in total. The van der Waals surface area contributed by atoms with Crippen molar-refractivity contribution in [3.63, 3.8) is 0 Å². The summed E-state index contributed by atoms with van der Waals surface area (Å²) in [4.78, 5) is 24.4. The number of ether oxygens (including phenoxy) is 1. The van der Waals surface area contributed by atoms with Gasteiger partial charge in [0.15, 0.2) is 0 Å². The summed E-state index contributed by atoms with van der Waals surface area (Å²) in [6, 6.07) is 14.0. The maximum absolute atomic E-state index is 12.2. The van der Waals surface area contributed by atoms with Crippen LogP contribution < -0.4 is 15.4 Å². The zero-order valence-corrected chi connectivity index (χ0v) is 20.3. The average Bonchev–Trinajstić information content (AvgIpc) is 3.45. The summed E-state index contributed by atoms with van der Waals surface area (Å²) in [7, 11) is 3.42. The Bertz CT molecular complexity index is 1310. The van der Waals surface area contributed by atoms with E-state index in [2.05, 4.69) is 41.7 Å². The van der Waals surface area contributed by atoms with Crippen molar-refractivity contribution >= 4 is 46.7 Å². The fourth-order valence-corrected chi connectivity index (χ4v) is 4.02. The first-order valence-electron chi connectivity index (χ1n) is 10.1. The fourth-order valence-electron chi connectivity index (χ4n) is 2.72. The number of thioether (sulfide) groups is 2. The monoisotopic (exact) mass is 512 g/mol. The molecule has 0 fully saturated rings. The summed E-state index contributed by atoms with van der Waals surface area (Å²) >= 11 is 2.48. The molecule has 0 spiro atoms. The number of anilines is 2. The van der Waals surface area contributed by atoms with Crippen LogP contribution in [0.15, 0.2) is 58.8 Å². The van der Waals surface area contributed by atoms with Gasteiger partial charge in [0.05, 0.1) is 11.5 Å². The number of carbonyl (C=O) groups is 2. The molecule has 2 aromatic carbocycles. The molecular weight excluding hydrogens is 492 g/mol. The van der Waals surface area contributed by atoms with Gasteiger partial charge in [-0.15, -0.1) is 10.2 Å². The number of aryl methyl sites for hydroxylation is 2. The highest BCUT2D eigenvalue weighted by Crippen LogP contribution is 2.26. The summed E-state index contributed by atoms with van der Waals surface area (Å²) in [5, 5.41) is 28.9. The predicted molar refractivity (Wildman–Crippen MR) is 129 cm³/mol. The molecule has 180 valence electrons. The number of aromatic nitrogens is 8. The van der Waals surface area contributed by atoms with Crippen LogP contribution in [-0.4, -0.2) is 63.7 Å². The van der Waals surface area contributed by atoms with Crippen LogP contribution in [0.2, 0.25) is 0 Å². The molecular formula is C20H20N10O3S2. The number of hydrogen-bond acceptors (Lipinski definition) is 11. The van der Waals surface area contributed by atoms with Gasteiger partial charge in [-0.05, 0) is 57.3 Å². The van der Waals surface area contributed by atoms with Gasteiger partial charge >= 0.3 is 0 Å². The lowest BCUT2D eigenvalue weighted by Crippen LogP contribution is -2.14. The quantitative estimate of drug-likeness (QED) is 0.300. The number of nitrogens with zero attached hydrogens (tertiary/aromatic N) is 8. The Balaban J connectivity index is 1.26. The molecule has 0 unspecified atom stereocenters. The van der Waals surface area contributed by atoms with E-state index in [0.29, 0.717) is 33.2 Å². The van der Waals surface area contributed by atoms with Crippen molar-refractivity contribution in [3.8, 4) is 11.5 Å². The highest BCUT2D eigenvalue weighted by Gasteiger charge is 2.10. The second kappa shape index (κ2) is 11.4. The molecule has 2 heterocycles. The predicted octanol–water partition coefficient (Wildman–Crippen LogP) is 1.99. The normalized spacial score (nSPS) is 10.7. The van der Waals surface area contributed by atoms with Crippen molar-refractivity contribution in [1.82, 2.24) is 40.4 Å². The lowest BCUT2D eigenvalue weighted by atomic mass is 10.2. The van der Waals surface area contributed by atoms with Crippen molar-refractivity contribution in [2.75, 3.05) is 22.1 Å². The fraction of sp³-hybridized carbons (Fsp3) is 0.200. The highest BCUT2D eigenvalue weighted by molar-refractivity contribution is 8.00. The second-order valence-electron chi connectivity index (χ2n) is 7.00. The smallest absolute Gasteiger partial charge is 0.234 e. The van der Waals surface area contributed by atoms with Crippen LogP contribution in [0.3, 0.4) is 0 Å². The molecule has 0 bridgehead atoms. The van der Waals surface area contributed by atoms with E-state index in [1.165, 1.54) is 32.9 Å². The van der Waals surface area contributed by atoms with Gasteiger partial charge < -0.3 is 15.4 Å². The molecule has 0 aliphatic rings. The number of tetrazole rings is 2. The molecule has 4 rings (SSSR count). The molecule has 0 aliphatic carbocycles. The molecule has 0 atom stereocenters. The maximum Gasteiger partial charge on any atom is 0.234 e. The van der Waals surface area contributed by atoms with E-state index in [0.717, 1.165) is 0 Å². The number of nitrogens with one attached hydrogen (secondary N) is 2. The van der Waals surface area contributed by atoms with E-state index in [-0.39, 0.29) is 23.3 Å². The van der Waals surface area contributed by atoms with Gasteiger partial charge in [-0.3, -0.25) is 9.59 Å². The van der Waals surface area contributed by atoms with Gasteiger partial charge in [0.2, 0.25) is 22.1 Å². The van der Waals surface area contributed by atoms with E-state index in [4.69, 9.17) is 4.74 Å². The topological polar surface area (TPSA) is 155 Å². The summed E-state index contributed by atoms with van der Waals surface area (Å²) in [6.45, 7) is 0. The third kappa shape index (κ3) is 7.00. The van der Waals surface area contributed by atoms with Crippen molar-refractivity contribution < 1.29 is 14.3 Å². The molecule has 2 aromatic heterocycles. The first-order valence-corrected chi connectivity index (χ1v) is 12.1. The van der Waals surface area contributed by atoms with Crippen molar-refractivity contribution in [1.29, 1.82) is 0 Å². The Morgan fingerprint density at radius 3 is 1.91 bits per heavy atom. The van der Waals surface area contributed by atoms with Gasteiger partial charge in [-0.25, -0.2) is 9.36 Å². The molecule has 4 aromatic rings. The molecule has 15 heteroatoms. The maximum atomic E-state index is 12.2. The van der Waals surface area contributed by atoms with E-state index in [9.17, 15) is 9.59 Å². The number of benzene rings is 2. The van der Waals surface area contributed by atoms with Crippen molar-refractivity contribution in [2.24, 2.45) is 14.1 Å². The minimum atomic E-state index is -0.191. The summed E-state index contributed by atoms with van der Waals surface area (Å²) < 4.78 is 8.88. The summed E-state index contributed by atoms with van der Waals surface area (Å²) in [5.41, 5.74) is 1.24. The third-order valence-corrected chi connectivity index (χ3v) is 6.34. The van der Waals surface area contributed by atoms with Crippen LogP contribution in [0.25, 0.3) is 0 Å². The second-order valence-corrected chi connectivity index (χ2v) is 8.88. The van der Waals surface area contributed by atoms with Crippen molar-refractivity contribution in [3.05, 3.63) is 48.5 Å². The standard InChI is InChI=1S/C20H20N10O3S2/c1-29-19(23-25-27-29)34-11-17(31)21-13-6-8-15(9-7-13)33-16-5-3-4-14(10-16)22-18(32)12-35-20-24-26-28-30(20)2/h3-10H,11-12H2,1-2H3,(H,21,31)(H,22,32). The molecule has 0 saturated carbocycles. The van der Waals surface area contributed by atoms with Crippen LogP contribution in [0.4, 0.5) is 11.4 Å². The first-order chi connectivity index (χ1) is 17.0. The number of hydrogen-bond donors (Lipinski definition) is 2. The van der Waals surface area contributed by atoms with E-state index >= 15 is 0 Å². The van der Waals surface area contributed by atoms with Gasteiger partial charge in [0.1, 0.15) is 11.5 Å². The summed E-state index contributed by atoms with van der Waals surface area (Å²) in [5.74, 6) is 1.11. The Labute approximate surface area is 208 Å².